The summed E-state index contributed by atoms with van der Waals surface area (Å²) in [5.74, 6) is -2.32. The summed E-state index contributed by atoms with van der Waals surface area (Å²) in [6, 6.07) is 0. The Morgan fingerprint density at radius 1 is 0.279 bits per heavy atom. The average molecular weight is 1500 g/mol. The molecule has 104 heavy (non-hydrogen) atoms. The Labute approximate surface area is 629 Å². The Morgan fingerprint density at radius 2 is 0.519 bits per heavy atom. The fourth-order valence-electron chi connectivity index (χ4n) is 10.0. The topological polar surface area (TPSA) is 237 Å². The number of phosphoric acid groups is 2. The third-order valence-corrected chi connectivity index (χ3v) is 17.9. The molecule has 0 saturated heterocycles. The van der Waals surface area contributed by atoms with E-state index in [0.717, 1.165) is 186 Å². The number of unbranched alkanes of at least 4 members (excludes halogenated alkanes) is 21. The second-order valence-electron chi connectivity index (χ2n) is 25.9. The first-order chi connectivity index (χ1) is 50.7. The van der Waals surface area contributed by atoms with Crippen molar-refractivity contribution in [3.63, 3.8) is 0 Å². The number of allylic oxidation sites excluding steroid dienone is 26. The Hall–Kier alpha value is -5.32. The van der Waals surface area contributed by atoms with Crippen LogP contribution in [-0.2, 0) is 65.4 Å². The highest BCUT2D eigenvalue weighted by Crippen LogP contribution is 2.45. The molecule has 0 bridgehead atoms. The lowest BCUT2D eigenvalue weighted by Crippen LogP contribution is -2.30. The smallest absolute Gasteiger partial charge is 0.462 e. The van der Waals surface area contributed by atoms with Crippen LogP contribution in [0.1, 0.15) is 297 Å². The van der Waals surface area contributed by atoms with Crippen LogP contribution in [0.5, 0.6) is 0 Å². The predicted octanol–water partition coefficient (Wildman–Crippen LogP) is 23.2. The van der Waals surface area contributed by atoms with E-state index in [0.29, 0.717) is 32.1 Å². The van der Waals surface area contributed by atoms with Crippen LogP contribution in [0.4, 0.5) is 0 Å². The summed E-state index contributed by atoms with van der Waals surface area (Å²) in [6.45, 7) is 4.39. The monoisotopic (exact) mass is 1490 g/mol. The van der Waals surface area contributed by atoms with Gasteiger partial charge in [-0.3, -0.25) is 37.3 Å². The van der Waals surface area contributed by atoms with E-state index in [9.17, 15) is 43.2 Å². The molecule has 5 atom stereocenters. The number of carbonyl (C=O) groups excluding carboxylic acids is 4. The fraction of sp³-hybridized carbons (Fsp3) is 0.647. The summed E-state index contributed by atoms with van der Waals surface area (Å²) in [7, 11) is -10.00. The van der Waals surface area contributed by atoms with Gasteiger partial charge in [-0.25, -0.2) is 9.13 Å². The van der Waals surface area contributed by atoms with Gasteiger partial charge in [-0.1, -0.05) is 276 Å². The first kappa shape index (κ1) is 98.7. The summed E-state index contributed by atoms with van der Waals surface area (Å²) in [5.41, 5.74) is 0. The van der Waals surface area contributed by atoms with Crippen LogP contribution in [0.15, 0.2) is 158 Å². The highest BCUT2D eigenvalue weighted by Gasteiger charge is 2.30. The molecule has 0 radical (unpaired) electrons. The number of phosphoric ester groups is 2. The molecule has 592 valence electrons. The van der Waals surface area contributed by atoms with Crippen molar-refractivity contribution in [2.24, 2.45) is 0 Å². The van der Waals surface area contributed by atoms with E-state index in [4.69, 9.17) is 37.0 Å². The van der Waals surface area contributed by atoms with Gasteiger partial charge < -0.3 is 33.8 Å². The van der Waals surface area contributed by atoms with E-state index < -0.39 is 97.5 Å². The van der Waals surface area contributed by atoms with Gasteiger partial charge in [-0.05, 0) is 154 Å². The van der Waals surface area contributed by atoms with Gasteiger partial charge in [0.2, 0.25) is 0 Å². The Kier molecular flexibility index (Phi) is 72.0. The van der Waals surface area contributed by atoms with Crippen LogP contribution in [0.25, 0.3) is 0 Å². The van der Waals surface area contributed by atoms with E-state index in [-0.39, 0.29) is 25.7 Å². The maximum absolute atomic E-state index is 13.1. The molecule has 0 heterocycles. The average Bonchev–Trinajstić information content (AvgIpc) is 0.911. The summed E-state index contributed by atoms with van der Waals surface area (Å²) in [6.07, 6.45) is 88.1. The highest BCUT2D eigenvalue weighted by molar-refractivity contribution is 7.47. The van der Waals surface area contributed by atoms with Crippen molar-refractivity contribution >= 4 is 39.5 Å². The van der Waals surface area contributed by atoms with Crippen molar-refractivity contribution in [2.75, 3.05) is 39.6 Å². The van der Waals surface area contributed by atoms with Gasteiger partial charge in [-0.15, -0.1) is 0 Å². The lowest BCUT2D eigenvalue weighted by Gasteiger charge is -2.21. The van der Waals surface area contributed by atoms with Crippen LogP contribution < -0.4 is 0 Å². The number of rotatable bonds is 73. The summed E-state index contributed by atoms with van der Waals surface area (Å²) in [5, 5.41) is 10.6. The van der Waals surface area contributed by atoms with E-state index >= 15 is 0 Å². The first-order valence-electron chi connectivity index (χ1n) is 39.7. The number of carbonyl (C=O) groups is 4. The second-order valence-corrected chi connectivity index (χ2v) is 28.8. The van der Waals surface area contributed by atoms with Gasteiger partial charge in [0.05, 0.1) is 26.4 Å². The van der Waals surface area contributed by atoms with Gasteiger partial charge in [0.1, 0.15) is 19.3 Å². The number of esters is 4. The highest BCUT2D eigenvalue weighted by atomic mass is 31.2. The third-order valence-electron chi connectivity index (χ3n) is 16.0. The number of aliphatic hydroxyl groups excluding tert-OH is 1. The summed E-state index contributed by atoms with van der Waals surface area (Å²) in [4.78, 5) is 73.0. The van der Waals surface area contributed by atoms with Gasteiger partial charge in [0.15, 0.2) is 12.2 Å². The SMILES string of the molecule is CC/C=C\C/C=C\C/C=C\C/C=C\C/C=C\C/C=C\CCC(=O)OCC(COP(=O)(O)OCC(O)COP(=O)(O)OCC(COC(=O)CCCCCCCCC/C=C\C/C=C\C/C=C\CC)OC(=O)CCCCCCC/C=C\CCCCCC)OC(=O)CCCCCCC/C=C\C/C=C\C/C=C\CC. The number of hydrogen-bond acceptors (Lipinski definition) is 15. The molecule has 17 nitrogen and oxygen atoms in total. The lowest BCUT2D eigenvalue weighted by molar-refractivity contribution is -0.161. The largest absolute Gasteiger partial charge is 0.472 e. The molecule has 3 N–H and O–H groups in total. The predicted molar refractivity (Wildman–Crippen MR) is 427 cm³/mol. The molecule has 5 unspecified atom stereocenters. The molecular formula is C85H140O17P2. The molecule has 0 aliphatic heterocycles. The molecule has 0 amide bonds. The van der Waals surface area contributed by atoms with Gasteiger partial charge >= 0.3 is 39.5 Å². The van der Waals surface area contributed by atoms with Gasteiger partial charge in [0, 0.05) is 25.7 Å². The van der Waals surface area contributed by atoms with Crippen molar-refractivity contribution < 1.29 is 80.2 Å². The fourth-order valence-corrected chi connectivity index (χ4v) is 11.6. The molecule has 0 aromatic rings. The normalized spacial score (nSPS) is 14.7. The molecule has 19 heteroatoms. The minimum Gasteiger partial charge on any atom is -0.462 e. The molecule has 0 spiro atoms. The number of ether oxygens (including phenoxy) is 4. The number of hydrogen-bond donors (Lipinski definition) is 3. The lowest BCUT2D eigenvalue weighted by atomic mass is 10.1. The maximum atomic E-state index is 13.1. The van der Waals surface area contributed by atoms with Crippen LogP contribution >= 0.6 is 15.6 Å². The van der Waals surface area contributed by atoms with E-state index in [1.807, 2.05) is 18.2 Å². The molecule has 0 aromatic carbocycles. The second kappa shape index (κ2) is 75.9. The Balaban J connectivity index is 5.44. The molecule has 0 saturated carbocycles. The first-order valence-corrected chi connectivity index (χ1v) is 42.7. The van der Waals surface area contributed by atoms with Crippen molar-refractivity contribution in [3.05, 3.63) is 158 Å². The maximum Gasteiger partial charge on any atom is 0.472 e. The Bertz CT molecular complexity index is 2590. The molecule has 0 aliphatic carbocycles. The van der Waals surface area contributed by atoms with Crippen molar-refractivity contribution in [1.82, 2.24) is 0 Å². The van der Waals surface area contributed by atoms with Crippen LogP contribution in [0, 0.1) is 0 Å². The van der Waals surface area contributed by atoms with Crippen molar-refractivity contribution in [2.45, 2.75) is 316 Å². The van der Waals surface area contributed by atoms with Gasteiger partial charge in [0.25, 0.3) is 0 Å². The Morgan fingerprint density at radius 3 is 0.837 bits per heavy atom. The summed E-state index contributed by atoms with van der Waals surface area (Å²) >= 11 is 0. The van der Waals surface area contributed by atoms with Crippen LogP contribution in [-0.4, -0.2) is 96.7 Å². The molecule has 0 fully saturated rings. The molecule has 0 aromatic heterocycles. The van der Waals surface area contributed by atoms with Crippen molar-refractivity contribution in [3.8, 4) is 0 Å². The zero-order chi connectivity index (χ0) is 76.0. The van der Waals surface area contributed by atoms with Crippen LogP contribution in [0.2, 0.25) is 0 Å². The van der Waals surface area contributed by atoms with E-state index in [1.54, 1.807) is 0 Å². The quantitative estimate of drug-likeness (QED) is 0.0169. The molecule has 0 aliphatic rings. The molecule has 0 rings (SSSR count). The number of aliphatic hydroxyl groups is 1. The third kappa shape index (κ3) is 74.9. The van der Waals surface area contributed by atoms with Crippen LogP contribution in [0.3, 0.4) is 0 Å². The van der Waals surface area contributed by atoms with E-state index in [2.05, 4.69) is 167 Å². The zero-order valence-corrected chi connectivity index (χ0v) is 66.4. The van der Waals surface area contributed by atoms with Gasteiger partial charge in [-0.2, -0.15) is 0 Å². The minimum absolute atomic E-state index is 0.0272. The summed E-state index contributed by atoms with van der Waals surface area (Å²) < 4.78 is 68.5. The molecular weight excluding hydrogens is 1350 g/mol. The minimum atomic E-state index is -5.00. The standard InChI is InChI=1S/C85H140O17P2/c1-5-9-13-17-21-25-29-33-36-38-39-41-44-47-50-54-58-62-66-70-83(88)96-76-81(102-85(90)72-68-64-60-56-52-48-42-35-31-27-23-19-15-11-7-3)78-100-104(93,94)98-74-79(86)73-97-103(91,92)99-77-80(101-84(89)71-67-63-59-55-51-45-32-28-24-20-16-12-8-4)75-95-82(87)69-65-61-57-53-49-46-43-40-37-34-30-26-22-18-14-10-6-2/h9-11,13-15,21-23,25-28,32-37,39,41-42,47,50,58,62,79-81,86H,5-8,12,16-20,24,29-31,38,40,43-46,48-49,51-57,59-61,63-78H2,1-4H3,(H,91,92)(H,93,94)/b13-9-,14-10-,15-11-,25-21-,26-22-,27-23-,32-28-,36-33-,37-34-,41-39-,42-35-,50-47-,62-58-. The van der Waals surface area contributed by atoms with Crippen molar-refractivity contribution in [1.29, 1.82) is 0 Å². The van der Waals surface area contributed by atoms with E-state index in [1.165, 1.54) is 25.7 Å². The zero-order valence-electron chi connectivity index (χ0n) is 64.6.